The highest BCUT2D eigenvalue weighted by molar-refractivity contribution is 5.94. The van der Waals surface area contributed by atoms with Crippen LogP contribution in [0.15, 0.2) is 72.8 Å². The lowest BCUT2D eigenvalue weighted by Gasteiger charge is -2.12. The summed E-state index contributed by atoms with van der Waals surface area (Å²) >= 11 is 0. The number of nitro benzene ring substituents is 1. The van der Waals surface area contributed by atoms with Crippen molar-refractivity contribution in [2.75, 3.05) is 24.3 Å². The van der Waals surface area contributed by atoms with Crippen molar-refractivity contribution in [1.29, 1.82) is 0 Å². The number of anilines is 2. The van der Waals surface area contributed by atoms with E-state index in [9.17, 15) is 14.9 Å². The predicted octanol–water partition coefficient (Wildman–Crippen LogP) is 4.23. The minimum absolute atomic E-state index is 0.0796. The van der Waals surface area contributed by atoms with E-state index in [4.69, 9.17) is 9.47 Å². The van der Waals surface area contributed by atoms with Gasteiger partial charge in [-0.25, -0.2) is 0 Å². The Labute approximate surface area is 173 Å². The fourth-order valence-corrected chi connectivity index (χ4v) is 2.70. The molecule has 1 amide bonds. The Morgan fingerprint density at radius 3 is 2.43 bits per heavy atom. The molecular formula is C22H21N3O5. The molecule has 0 aliphatic rings. The zero-order valence-corrected chi connectivity index (χ0v) is 16.3. The summed E-state index contributed by atoms with van der Waals surface area (Å²) in [5.74, 6) is 0.797. The Bertz CT molecular complexity index is 1010. The van der Waals surface area contributed by atoms with E-state index in [-0.39, 0.29) is 18.1 Å². The highest BCUT2D eigenvalue weighted by Crippen LogP contribution is 2.28. The van der Waals surface area contributed by atoms with Gasteiger partial charge in [-0.2, -0.15) is 0 Å². The number of hydrogen-bond donors (Lipinski definition) is 2. The van der Waals surface area contributed by atoms with Gasteiger partial charge in [0.25, 0.3) is 5.69 Å². The van der Waals surface area contributed by atoms with E-state index in [1.807, 2.05) is 30.3 Å². The van der Waals surface area contributed by atoms with Crippen molar-refractivity contribution in [3.05, 3.63) is 88.5 Å². The van der Waals surface area contributed by atoms with Gasteiger partial charge in [0.05, 0.1) is 24.3 Å². The molecule has 8 nitrogen and oxygen atoms in total. The largest absolute Gasteiger partial charge is 0.495 e. The molecule has 0 fully saturated rings. The number of non-ortho nitro benzene ring substituents is 1. The number of methoxy groups -OCH3 is 1. The number of ether oxygens (including phenoxy) is 2. The molecule has 3 aromatic carbocycles. The Hall–Kier alpha value is -4.07. The molecule has 0 bridgehead atoms. The maximum absolute atomic E-state index is 12.2. The number of nitro groups is 1. The first-order valence-electron chi connectivity index (χ1n) is 9.18. The average molecular weight is 407 g/mol. The van der Waals surface area contributed by atoms with Crippen LogP contribution in [0.1, 0.15) is 5.56 Å². The molecule has 30 heavy (non-hydrogen) atoms. The van der Waals surface area contributed by atoms with Gasteiger partial charge >= 0.3 is 0 Å². The number of amides is 1. The first-order valence-corrected chi connectivity index (χ1v) is 9.18. The normalized spacial score (nSPS) is 10.2. The lowest BCUT2D eigenvalue weighted by molar-refractivity contribution is -0.384. The molecule has 3 rings (SSSR count). The number of carbonyl (C=O) groups excluding carboxylic acids is 1. The van der Waals surface area contributed by atoms with E-state index in [1.165, 1.54) is 25.3 Å². The van der Waals surface area contributed by atoms with Gasteiger partial charge < -0.3 is 20.1 Å². The highest BCUT2D eigenvalue weighted by atomic mass is 16.6. The van der Waals surface area contributed by atoms with Crippen molar-refractivity contribution in [2.45, 2.75) is 6.61 Å². The molecule has 3 aromatic rings. The number of carbonyl (C=O) groups is 1. The minimum atomic E-state index is -0.508. The topological polar surface area (TPSA) is 103 Å². The second-order valence-electron chi connectivity index (χ2n) is 6.34. The zero-order chi connectivity index (χ0) is 21.3. The van der Waals surface area contributed by atoms with E-state index in [0.29, 0.717) is 29.5 Å². The quantitative estimate of drug-likeness (QED) is 0.406. The molecule has 0 atom stereocenters. The van der Waals surface area contributed by atoms with E-state index >= 15 is 0 Å². The Kier molecular flexibility index (Phi) is 6.83. The number of rotatable bonds is 9. The summed E-state index contributed by atoms with van der Waals surface area (Å²) in [5.41, 5.74) is 1.95. The zero-order valence-electron chi connectivity index (χ0n) is 16.3. The monoisotopic (exact) mass is 407 g/mol. The molecule has 0 heterocycles. The summed E-state index contributed by atoms with van der Waals surface area (Å²) in [4.78, 5) is 22.6. The molecule has 0 saturated carbocycles. The summed E-state index contributed by atoms with van der Waals surface area (Å²) in [5, 5.41) is 16.6. The second-order valence-corrected chi connectivity index (χ2v) is 6.34. The third-order valence-corrected chi connectivity index (χ3v) is 4.22. The number of hydrogen-bond acceptors (Lipinski definition) is 6. The summed E-state index contributed by atoms with van der Waals surface area (Å²) in [6.45, 7) is 0.380. The third kappa shape index (κ3) is 5.71. The molecule has 2 N–H and O–H groups in total. The van der Waals surface area contributed by atoms with Crippen LogP contribution in [0.4, 0.5) is 17.1 Å². The van der Waals surface area contributed by atoms with Crippen LogP contribution < -0.4 is 20.1 Å². The van der Waals surface area contributed by atoms with E-state index in [0.717, 1.165) is 5.56 Å². The van der Waals surface area contributed by atoms with Crippen LogP contribution in [-0.2, 0) is 11.4 Å². The highest BCUT2D eigenvalue weighted by Gasteiger charge is 2.12. The first kappa shape index (κ1) is 20.7. The maximum atomic E-state index is 12.2. The maximum Gasteiger partial charge on any atom is 0.271 e. The third-order valence-electron chi connectivity index (χ3n) is 4.22. The fourth-order valence-electron chi connectivity index (χ4n) is 2.70. The molecule has 0 radical (unpaired) electrons. The lowest BCUT2D eigenvalue weighted by Crippen LogP contribution is -2.22. The Morgan fingerprint density at radius 2 is 1.77 bits per heavy atom. The van der Waals surface area contributed by atoms with Crippen LogP contribution in [-0.4, -0.2) is 24.5 Å². The van der Waals surface area contributed by atoms with Crippen molar-refractivity contribution < 1.29 is 19.2 Å². The van der Waals surface area contributed by atoms with Gasteiger partial charge in [-0.15, -0.1) is 0 Å². The van der Waals surface area contributed by atoms with Gasteiger partial charge in [-0.05, 0) is 35.9 Å². The molecule has 0 saturated heterocycles. The van der Waals surface area contributed by atoms with Crippen molar-refractivity contribution in [3.63, 3.8) is 0 Å². The van der Waals surface area contributed by atoms with Gasteiger partial charge in [-0.3, -0.25) is 14.9 Å². The van der Waals surface area contributed by atoms with Crippen LogP contribution >= 0.6 is 0 Å². The summed E-state index contributed by atoms with van der Waals surface area (Å²) < 4.78 is 10.9. The van der Waals surface area contributed by atoms with Gasteiger partial charge in [0, 0.05) is 17.8 Å². The molecular weight excluding hydrogens is 386 g/mol. The van der Waals surface area contributed by atoms with Crippen molar-refractivity contribution >= 4 is 23.0 Å². The van der Waals surface area contributed by atoms with Crippen molar-refractivity contribution in [2.24, 2.45) is 0 Å². The molecule has 154 valence electrons. The summed E-state index contributed by atoms with van der Waals surface area (Å²) in [6, 6.07) is 21.0. The predicted molar refractivity (Wildman–Crippen MR) is 114 cm³/mol. The number of nitrogens with one attached hydrogen (secondary N) is 2. The van der Waals surface area contributed by atoms with Crippen molar-refractivity contribution in [1.82, 2.24) is 0 Å². The second kappa shape index (κ2) is 9.92. The summed E-state index contributed by atoms with van der Waals surface area (Å²) in [7, 11) is 1.45. The molecule has 8 heteroatoms. The number of benzene rings is 3. The Balaban J connectivity index is 1.52. The van der Waals surface area contributed by atoms with Gasteiger partial charge in [0.15, 0.2) is 0 Å². The average Bonchev–Trinajstić information content (AvgIpc) is 2.77. The smallest absolute Gasteiger partial charge is 0.271 e. The molecule has 0 aliphatic heterocycles. The Morgan fingerprint density at radius 1 is 1.03 bits per heavy atom. The molecule has 0 spiro atoms. The number of nitrogens with zero attached hydrogens (tertiary/aromatic N) is 1. The lowest BCUT2D eigenvalue weighted by atomic mass is 10.2. The van der Waals surface area contributed by atoms with Crippen LogP contribution in [0.2, 0.25) is 0 Å². The molecule has 0 unspecified atom stereocenters. The van der Waals surface area contributed by atoms with E-state index < -0.39 is 4.92 Å². The molecule has 0 aromatic heterocycles. The van der Waals surface area contributed by atoms with Crippen molar-refractivity contribution in [3.8, 4) is 11.5 Å². The first-order chi connectivity index (χ1) is 14.5. The minimum Gasteiger partial charge on any atom is -0.495 e. The fraction of sp³-hybridized carbons (Fsp3) is 0.136. The van der Waals surface area contributed by atoms with Crippen LogP contribution in [0.25, 0.3) is 0 Å². The van der Waals surface area contributed by atoms with Crippen LogP contribution in [0.5, 0.6) is 11.5 Å². The van der Waals surface area contributed by atoms with Crippen LogP contribution in [0.3, 0.4) is 0 Å². The summed E-state index contributed by atoms with van der Waals surface area (Å²) in [6.07, 6.45) is 0. The van der Waals surface area contributed by atoms with Gasteiger partial charge in [-0.1, -0.05) is 30.3 Å². The molecule has 0 aliphatic carbocycles. The van der Waals surface area contributed by atoms with E-state index in [2.05, 4.69) is 10.6 Å². The van der Waals surface area contributed by atoms with Gasteiger partial charge in [0.2, 0.25) is 5.91 Å². The SMILES string of the molecule is COc1ccc([N+](=O)[O-])cc1NCC(=O)Nc1ccc(OCc2ccccc2)cc1. The standard InChI is InChI=1S/C22H21N3O5/c1-29-21-12-9-18(25(27)28)13-20(21)23-14-22(26)24-17-7-10-19(11-8-17)30-15-16-5-3-2-4-6-16/h2-13,23H,14-15H2,1H3,(H,24,26). The van der Waals surface area contributed by atoms with Crippen LogP contribution in [0, 0.1) is 10.1 Å². The van der Waals surface area contributed by atoms with Gasteiger partial charge in [0.1, 0.15) is 18.1 Å². The van der Waals surface area contributed by atoms with E-state index in [1.54, 1.807) is 24.3 Å².